The molecule has 0 fully saturated rings. The molecule has 3 nitrogen and oxygen atoms in total. The summed E-state index contributed by atoms with van der Waals surface area (Å²) < 4.78 is 0. The molecule has 0 aromatic heterocycles. The van der Waals surface area contributed by atoms with Gasteiger partial charge in [0, 0.05) is 15.5 Å². The molecule has 0 radical (unpaired) electrons. The van der Waals surface area contributed by atoms with Gasteiger partial charge in [-0.15, -0.1) is 11.8 Å². The van der Waals surface area contributed by atoms with Crippen molar-refractivity contribution in [3.63, 3.8) is 0 Å². The number of rotatable bonds is 5. The van der Waals surface area contributed by atoms with Gasteiger partial charge in [-0.25, -0.2) is 0 Å². The van der Waals surface area contributed by atoms with Gasteiger partial charge in [-0.3, -0.25) is 0 Å². The van der Waals surface area contributed by atoms with Gasteiger partial charge in [-0.2, -0.15) is 0 Å². The van der Waals surface area contributed by atoms with Gasteiger partial charge in [0.25, 0.3) is 0 Å². The average molecular weight is 273 g/mol. The molecule has 0 aliphatic heterocycles. The van der Waals surface area contributed by atoms with Gasteiger partial charge in [0.2, 0.25) is 0 Å². The van der Waals surface area contributed by atoms with Gasteiger partial charge in [0.15, 0.2) is 5.84 Å². The van der Waals surface area contributed by atoms with Gasteiger partial charge in [-0.05, 0) is 36.3 Å². The predicted molar refractivity (Wildman–Crippen MR) is 74.1 cm³/mol. The Morgan fingerprint density at radius 2 is 2.24 bits per heavy atom. The van der Waals surface area contributed by atoms with Crippen molar-refractivity contribution in [2.45, 2.75) is 25.2 Å². The van der Waals surface area contributed by atoms with E-state index >= 15 is 0 Å². The molecule has 0 unspecified atom stereocenters. The lowest BCUT2D eigenvalue weighted by atomic mass is 10.2. The number of amidine groups is 1. The highest BCUT2D eigenvalue weighted by Crippen LogP contribution is 2.27. The molecule has 17 heavy (non-hydrogen) atoms. The van der Waals surface area contributed by atoms with Gasteiger partial charge >= 0.3 is 0 Å². The number of halogens is 1. The van der Waals surface area contributed by atoms with Gasteiger partial charge in [0.1, 0.15) is 0 Å². The van der Waals surface area contributed by atoms with E-state index in [0.717, 1.165) is 22.6 Å². The second-order valence-corrected chi connectivity index (χ2v) is 5.73. The van der Waals surface area contributed by atoms with Crippen molar-refractivity contribution in [1.29, 1.82) is 0 Å². The fourth-order valence-corrected chi connectivity index (χ4v) is 2.87. The number of thioether (sulfide) groups is 1. The highest BCUT2D eigenvalue weighted by Gasteiger charge is 2.08. The van der Waals surface area contributed by atoms with Crippen LogP contribution in [0.1, 0.15) is 25.8 Å². The lowest BCUT2D eigenvalue weighted by molar-refractivity contribution is 0.318. The van der Waals surface area contributed by atoms with Crippen molar-refractivity contribution in [1.82, 2.24) is 0 Å². The molecule has 0 amide bonds. The number of hydrogen-bond donors (Lipinski definition) is 2. The Balaban J connectivity index is 2.84. The Bertz CT molecular complexity index is 407. The predicted octanol–water partition coefficient (Wildman–Crippen LogP) is 3.57. The zero-order valence-corrected chi connectivity index (χ0v) is 11.6. The summed E-state index contributed by atoms with van der Waals surface area (Å²) in [5.41, 5.74) is 6.35. The van der Waals surface area contributed by atoms with E-state index in [1.165, 1.54) is 0 Å². The van der Waals surface area contributed by atoms with Crippen LogP contribution in [0.2, 0.25) is 5.02 Å². The minimum absolute atomic E-state index is 0.119. The molecule has 1 aromatic carbocycles. The lowest BCUT2D eigenvalue weighted by Gasteiger charge is -2.09. The molecule has 0 saturated carbocycles. The zero-order chi connectivity index (χ0) is 12.8. The smallest absolute Gasteiger partial charge is 0.171 e. The maximum atomic E-state index is 8.72. The molecule has 1 rings (SSSR count). The van der Waals surface area contributed by atoms with Crippen molar-refractivity contribution in [3.05, 3.63) is 28.8 Å². The van der Waals surface area contributed by atoms with Crippen LogP contribution in [0.5, 0.6) is 0 Å². The Labute approximate surface area is 111 Å². The molecule has 0 atom stereocenters. The average Bonchev–Trinajstić information content (AvgIpc) is 2.28. The number of benzene rings is 1. The maximum Gasteiger partial charge on any atom is 0.171 e. The normalized spacial score (nSPS) is 12.1. The third-order valence-corrected chi connectivity index (χ3v) is 3.60. The second-order valence-electron chi connectivity index (χ2n) is 4.16. The first kappa shape index (κ1) is 14.2. The fourth-order valence-electron chi connectivity index (χ4n) is 1.29. The fraction of sp³-hybridized carbons (Fsp3) is 0.417. The van der Waals surface area contributed by atoms with Gasteiger partial charge < -0.3 is 10.9 Å². The van der Waals surface area contributed by atoms with E-state index in [-0.39, 0.29) is 5.84 Å². The van der Waals surface area contributed by atoms with Crippen LogP contribution in [0.4, 0.5) is 0 Å². The first-order valence-corrected chi connectivity index (χ1v) is 6.81. The van der Waals surface area contributed by atoms with Crippen LogP contribution in [0, 0.1) is 5.92 Å². The molecular formula is C12H17ClN2OS. The molecule has 0 saturated heterocycles. The minimum Gasteiger partial charge on any atom is -0.409 e. The first-order chi connectivity index (χ1) is 8.04. The van der Waals surface area contributed by atoms with Crippen LogP contribution in [0.25, 0.3) is 0 Å². The molecule has 0 aliphatic rings. The topological polar surface area (TPSA) is 58.6 Å². The quantitative estimate of drug-likeness (QED) is 0.283. The SMILES string of the molecule is CC(C)CCSc1cc(Cl)ccc1/C(N)=N/O. The third-order valence-electron chi connectivity index (χ3n) is 2.28. The van der Waals surface area contributed by atoms with Crippen LogP contribution in [0.3, 0.4) is 0 Å². The van der Waals surface area contributed by atoms with Gasteiger partial charge in [0.05, 0.1) is 0 Å². The van der Waals surface area contributed by atoms with E-state index in [0.29, 0.717) is 10.9 Å². The summed E-state index contributed by atoms with van der Waals surface area (Å²) >= 11 is 7.63. The molecular weight excluding hydrogens is 256 g/mol. The van der Waals surface area contributed by atoms with Crippen molar-refractivity contribution in [3.8, 4) is 0 Å². The van der Waals surface area contributed by atoms with Crippen LogP contribution in [-0.2, 0) is 0 Å². The maximum absolute atomic E-state index is 8.72. The summed E-state index contributed by atoms with van der Waals surface area (Å²) in [7, 11) is 0. The summed E-state index contributed by atoms with van der Waals surface area (Å²) in [6.07, 6.45) is 1.12. The molecule has 0 heterocycles. The number of nitrogens with zero attached hydrogens (tertiary/aromatic N) is 1. The number of nitrogens with two attached hydrogens (primary N) is 1. The third kappa shape index (κ3) is 4.48. The van der Waals surface area contributed by atoms with Crippen LogP contribution in [0.15, 0.2) is 28.3 Å². The van der Waals surface area contributed by atoms with E-state index in [4.69, 9.17) is 22.5 Å². The molecule has 1 aromatic rings. The van der Waals surface area contributed by atoms with Crippen molar-refractivity contribution >= 4 is 29.2 Å². The largest absolute Gasteiger partial charge is 0.409 e. The van der Waals surface area contributed by atoms with E-state index < -0.39 is 0 Å². The summed E-state index contributed by atoms with van der Waals surface area (Å²) in [4.78, 5) is 0.952. The summed E-state index contributed by atoms with van der Waals surface area (Å²) in [5, 5.41) is 12.4. The molecule has 3 N–H and O–H groups in total. The van der Waals surface area contributed by atoms with Crippen molar-refractivity contribution in [2.24, 2.45) is 16.8 Å². The summed E-state index contributed by atoms with van der Waals surface area (Å²) in [6, 6.07) is 5.36. The van der Waals surface area contributed by atoms with Gasteiger partial charge in [-0.1, -0.05) is 30.6 Å². The van der Waals surface area contributed by atoms with E-state index in [2.05, 4.69) is 19.0 Å². The monoisotopic (exact) mass is 272 g/mol. The lowest BCUT2D eigenvalue weighted by Crippen LogP contribution is -2.14. The molecule has 0 bridgehead atoms. The molecule has 0 aliphatic carbocycles. The minimum atomic E-state index is 0.119. The van der Waals surface area contributed by atoms with Crippen LogP contribution >= 0.6 is 23.4 Å². The summed E-state index contributed by atoms with van der Waals surface area (Å²) in [6.45, 7) is 4.37. The van der Waals surface area contributed by atoms with E-state index in [1.807, 2.05) is 6.07 Å². The Morgan fingerprint density at radius 3 is 2.82 bits per heavy atom. The Morgan fingerprint density at radius 1 is 1.53 bits per heavy atom. The second kappa shape index (κ2) is 6.77. The molecule has 94 valence electrons. The zero-order valence-electron chi connectivity index (χ0n) is 9.98. The standard InChI is InChI=1S/C12H17ClN2OS/c1-8(2)5-6-17-11-7-9(13)3-4-10(11)12(14)15-16/h3-4,7-8,16H,5-6H2,1-2H3,(H2,14,15). The summed E-state index contributed by atoms with van der Waals surface area (Å²) in [5.74, 6) is 1.77. The molecule has 0 spiro atoms. The highest BCUT2D eigenvalue weighted by atomic mass is 35.5. The first-order valence-electron chi connectivity index (χ1n) is 5.45. The van der Waals surface area contributed by atoms with Crippen LogP contribution in [-0.4, -0.2) is 16.8 Å². The Hall–Kier alpha value is -0.870. The Kier molecular flexibility index (Phi) is 5.65. The van der Waals surface area contributed by atoms with E-state index in [1.54, 1.807) is 23.9 Å². The number of hydrogen-bond acceptors (Lipinski definition) is 3. The van der Waals surface area contributed by atoms with Crippen molar-refractivity contribution < 1.29 is 5.21 Å². The van der Waals surface area contributed by atoms with Crippen molar-refractivity contribution in [2.75, 3.05) is 5.75 Å². The highest BCUT2D eigenvalue weighted by molar-refractivity contribution is 7.99. The van der Waals surface area contributed by atoms with E-state index in [9.17, 15) is 0 Å². The number of oxime groups is 1. The molecule has 5 heteroatoms. The van der Waals surface area contributed by atoms with Crippen LogP contribution < -0.4 is 5.73 Å².